The molecular formula is C14H18FNO3. The number of rotatable bonds is 6. The van der Waals surface area contributed by atoms with Crippen molar-refractivity contribution < 1.29 is 19.1 Å². The summed E-state index contributed by atoms with van der Waals surface area (Å²) in [5, 5.41) is 8.72. The van der Waals surface area contributed by atoms with Gasteiger partial charge in [0.05, 0.1) is 6.42 Å². The Morgan fingerprint density at radius 2 is 2.11 bits per heavy atom. The predicted molar refractivity (Wildman–Crippen MR) is 69.4 cm³/mol. The summed E-state index contributed by atoms with van der Waals surface area (Å²) >= 11 is 0. The number of benzene rings is 1. The van der Waals surface area contributed by atoms with Gasteiger partial charge in [-0.2, -0.15) is 0 Å². The minimum absolute atomic E-state index is 0.0879. The third kappa shape index (κ3) is 4.35. The Bertz CT molecular complexity index is 462. The summed E-state index contributed by atoms with van der Waals surface area (Å²) < 4.78 is 13.1. The second-order valence-electron chi connectivity index (χ2n) is 4.41. The van der Waals surface area contributed by atoms with Crippen molar-refractivity contribution in [1.29, 1.82) is 0 Å². The zero-order chi connectivity index (χ0) is 14.4. The fraction of sp³-hybridized carbons (Fsp3) is 0.429. The van der Waals surface area contributed by atoms with Gasteiger partial charge in [0.25, 0.3) is 5.91 Å². The van der Waals surface area contributed by atoms with E-state index in [0.717, 1.165) is 0 Å². The minimum atomic E-state index is -0.958. The second-order valence-corrected chi connectivity index (χ2v) is 4.41. The highest BCUT2D eigenvalue weighted by atomic mass is 19.1. The van der Waals surface area contributed by atoms with Crippen molar-refractivity contribution in [2.24, 2.45) is 0 Å². The van der Waals surface area contributed by atoms with E-state index in [2.05, 4.69) is 0 Å². The van der Waals surface area contributed by atoms with E-state index in [-0.39, 0.29) is 30.5 Å². The number of hydrogen-bond donors (Lipinski definition) is 1. The maximum atomic E-state index is 13.1. The standard InChI is InChI=1S/C14H18FNO3/c1-3-10(2)16(8-7-13(17)18)14(19)11-5-4-6-12(15)9-11/h4-6,9-10H,3,7-8H2,1-2H3,(H,17,18). The van der Waals surface area contributed by atoms with Gasteiger partial charge in [-0.05, 0) is 31.5 Å². The highest BCUT2D eigenvalue weighted by Gasteiger charge is 2.21. The topological polar surface area (TPSA) is 57.6 Å². The third-order valence-electron chi connectivity index (χ3n) is 3.02. The van der Waals surface area contributed by atoms with Crippen LogP contribution in [0.5, 0.6) is 0 Å². The first-order chi connectivity index (χ1) is 8.95. The highest BCUT2D eigenvalue weighted by molar-refractivity contribution is 5.94. The lowest BCUT2D eigenvalue weighted by Crippen LogP contribution is -2.39. The van der Waals surface area contributed by atoms with Gasteiger partial charge in [-0.3, -0.25) is 9.59 Å². The third-order valence-corrected chi connectivity index (χ3v) is 3.02. The summed E-state index contributed by atoms with van der Waals surface area (Å²) in [6.45, 7) is 3.88. The molecule has 0 radical (unpaired) electrons. The molecule has 5 heteroatoms. The molecule has 0 aromatic heterocycles. The summed E-state index contributed by atoms with van der Waals surface area (Å²) in [5.41, 5.74) is 0.241. The van der Waals surface area contributed by atoms with E-state index in [1.54, 1.807) is 0 Å². The van der Waals surface area contributed by atoms with Crippen LogP contribution >= 0.6 is 0 Å². The number of aliphatic carboxylic acids is 1. The first-order valence-electron chi connectivity index (χ1n) is 6.24. The molecule has 0 aliphatic carbocycles. The number of carbonyl (C=O) groups is 2. The Morgan fingerprint density at radius 3 is 2.63 bits per heavy atom. The molecule has 1 rings (SSSR count). The zero-order valence-electron chi connectivity index (χ0n) is 11.1. The van der Waals surface area contributed by atoms with E-state index in [1.807, 2.05) is 13.8 Å². The molecule has 0 bridgehead atoms. The van der Waals surface area contributed by atoms with E-state index in [0.29, 0.717) is 6.42 Å². The molecule has 1 aromatic carbocycles. The van der Waals surface area contributed by atoms with E-state index < -0.39 is 11.8 Å². The first kappa shape index (κ1) is 15.1. The van der Waals surface area contributed by atoms with Crippen molar-refractivity contribution in [3.63, 3.8) is 0 Å². The van der Waals surface area contributed by atoms with Crippen molar-refractivity contribution in [3.05, 3.63) is 35.6 Å². The fourth-order valence-corrected chi connectivity index (χ4v) is 1.75. The van der Waals surface area contributed by atoms with Gasteiger partial charge in [0.1, 0.15) is 5.82 Å². The van der Waals surface area contributed by atoms with E-state index in [1.165, 1.54) is 29.2 Å². The monoisotopic (exact) mass is 267 g/mol. The van der Waals surface area contributed by atoms with E-state index >= 15 is 0 Å². The molecule has 4 nitrogen and oxygen atoms in total. The molecule has 0 saturated carbocycles. The van der Waals surface area contributed by atoms with Crippen LogP contribution in [0.3, 0.4) is 0 Å². The molecule has 0 saturated heterocycles. The smallest absolute Gasteiger partial charge is 0.305 e. The minimum Gasteiger partial charge on any atom is -0.481 e. The number of nitrogens with zero attached hydrogens (tertiary/aromatic N) is 1. The molecule has 0 heterocycles. The fourth-order valence-electron chi connectivity index (χ4n) is 1.75. The largest absolute Gasteiger partial charge is 0.481 e. The Labute approximate surface area is 111 Å². The number of carboxylic acids is 1. The summed E-state index contributed by atoms with van der Waals surface area (Å²) in [5.74, 6) is -1.77. The Kier molecular flexibility index (Phi) is 5.48. The molecule has 104 valence electrons. The van der Waals surface area contributed by atoms with Gasteiger partial charge >= 0.3 is 5.97 Å². The average Bonchev–Trinajstić information content (AvgIpc) is 2.38. The van der Waals surface area contributed by atoms with Crippen molar-refractivity contribution in [2.45, 2.75) is 32.7 Å². The van der Waals surface area contributed by atoms with E-state index in [4.69, 9.17) is 5.11 Å². The van der Waals surface area contributed by atoms with Gasteiger partial charge in [0.2, 0.25) is 0 Å². The summed E-state index contributed by atoms with van der Waals surface area (Å²) in [6.07, 6.45) is 0.589. The second kappa shape index (κ2) is 6.87. The summed E-state index contributed by atoms with van der Waals surface area (Å²) in [4.78, 5) is 24.4. The number of hydrogen-bond acceptors (Lipinski definition) is 2. The molecule has 1 amide bonds. The molecule has 19 heavy (non-hydrogen) atoms. The van der Waals surface area contributed by atoms with Crippen molar-refractivity contribution in [3.8, 4) is 0 Å². The Balaban J connectivity index is 2.90. The Morgan fingerprint density at radius 1 is 1.42 bits per heavy atom. The molecule has 1 aromatic rings. The van der Waals surface area contributed by atoms with Gasteiger partial charge in [-0.25, -0.2) is 4.39 Å². The first-order valence-corrected chi connectivity index (χ1v) is 6.24. The molecule has 0 fully saturated rings. The maximum absolute atomic E-state index is 13.1. The zero-order valence-corrected chi connectivity index (χ0v) is 11.1. The van der Waals surface area contributed by atoms with E-state index in [9.17, 15) is 14.0 Å². The number of halogens is 1. The lowest BCUT2D eigenvalue weighted by atomic mass is 10.1. The molecule has 0 aliphatic rings. The predicted octanol–water partition coefficient (Wildman–Crippen LogP) is 2.54. The lowest BCUT2D eigenvalue weighted by molar-refractivity contribution is -0.137. The molecular weight excluding hydrogens is 249 g/mol. The van der Waals surface area contributed by atoms with Crippen LogP contribution < -0.4 is 0 Å². The van der Waals surface area contributed by atoms with Gasteiger partial charge in [-0.15, -0.1) is 0 Å². The van der Waals surface area contributed by atoms with Gasteiger partial charge in [0.15, 0.2) is 0 Å². The molecule has 1 atom stereocenters. The van der Waals surface area contributed by atoms with Gasteiger partial charge in [0, 0.05) is 18.2 Å². The molecule has 1 N–H and O–H groups in total. The van der Waals surface area contributed by atoms with Crippen LogP contribution in [-0.2, 0) is 4.79 Å². The Hall–Kier alpha value is -1.91. The van der Waals surface area contributed by atoms with Crippen LogP contribution in [0.25, 0.3) is 0 Å². The summed E-state index contributed by atoms with van der Waals surface area (Å²) in [7, 11) is 0. The highest BCUT2D eigenvalue weighted by Crippen LogP contribution is 2.12. The normalized spacial score (nSPS) is 11.9. The lowest BCUT2D eigenvalue weighted by Gasteiger charge is -2.28. The van der Waals surface area contributed by atoms with Crippen molar-refractivity contribution in [1.82, 2.24) is 4.90 Å². The van der Waals surface area contributed by atoms with Gasteiger partial charge < -0.3 is 10.0 Å². The van der Waals surface area contributed by atoms with Gasteiger partial charge in [-0.1, -0.05) is 13.0 Å². The number of carbonyl (C=O) groups excluding carboxylic acids is 1. The van der Waals surface area contributed by atoms with Crippen LogP contribution in [0.2, 0.25) is 0 Å². The maximum Gasteiger partial charge on any atom is 0.305 e. The van der Waals surface area contributed by atoms with Crippen LogP contribution in [0.1, 0.15) is 37.0 Å². The SMILES string of the molecule is CCC(C)N(CCC(=O)O)C(=O)c1cccc(F)c1. The van der Waals surface area contributed by atoms with Crippen molar-refractivity contribution in [2.75, 3.05) is 6.54 Å². The average molecular weight is 267 g/mol. The van der Waals surface area contributed by atoms with Crippen LogP contribution in [-0.4, -0.2) is 34.5 Å². The summed E-state index contributed by atoms with van der Waals surface area (Å²) in [6, 6.07) is 5.34. The quantitative estimate of drug-likeness (QED) is 0.861. The van der Waals surface area contributed by atoms with Crippen LogP contribution in [0.4, 0.5) is 4.39 Å². The van der Waals surface area contributed by atoms with Crippen LogP contribution in [0, 0.1) is 5.82 Å². The van der Waals surface area contributed by atoms with Crippen molar-refractivity contribution >= 4 is 11.9 Å². The molecule has 1 unspecified atom stereocenters. The number of carboxylic acid groups (broad SMARTS) is 1. The van der Waals surface area contributed by atoms with Crippen LogP contribution in [0.15, 0.2) is 24.3 Å². The molecule has 0 aliphatic heterocycles. The number of amides is 1. The molecule has 0 spiro atoms.